The molecule has 1 rings (SSSR count). The summed E-state index contributed by atoms with van der Waals surface area (Å²) in [6.45, 7) is 8.92. The molecule has 0 heterocycles. The van der Waals surface area contributed by atoms with E-state index in [4.69, 9.17) is 4.74 Å². The van der Waals surface area contributed by atoms with Gasteiger partial charge in [-0.1, -0.05) is 32.9 Å². The summed E-state index contributed by atoms with van der Waals surface area (Å²) in [4.78, 5) is 0. The van der Waals surface area contributed by atoms with E-state index in [2.05, 4.69) is 32.9 Å². The molecule has 77 valence electrons. The summed E-state index contributed by atoms with van der Waals surface area (Å²) in [5.74, 6) is 1.54. The normalized spacial score (nSPS) is 10.6. The Kier molecular flexibility index (Phi) is 4.51. The third-order valence-electron chi connectivity index (χ3n) is 1.97. The fraction of sp³-hybridized carbons (Fsp3) is 0.462. The molecule has 0 spiro atoms. The number of hydrogen-bond acceptors (Lipinski definition) is 1. The number of hydrogen-bond donors (Lipinski definition) is 0. The molecular weight excluding hydrogens is 172 g/mol. The van der Waals surface area contributed by atoms with Crippen LogP contribution in [0, 0.1) is 12.8 Å². The molecule has 0 aliphatic heterocycles. The van der Waals surface area contributed by atoms with Crippen LogP contribution in [0.4, 0.5) is 0 Å². The topological polar surface area (TPSA) is 9.23 Å². The molecule has 0 saturated heterocycles. The summed E-state index contributed by atoms with van der Waals surface area (Å²) < 4.78 is 5.58. The molecule has 0 aliphatic rings. The molecule has 1 aromatic rings. The first-order valence-electron chi connectivity index (χ1n) is 5.23. The lowest BCUT2D eigenvalue weighted by Crippen LogP contribution is -2.04. The van der Waals surface area contributed by atoms with Crippen molar-refractivity contribution in [1.29, 1.82) is 0 Å². The highest BCUT2D eigenvalue weighted by atomic mass is 16.5. The predicted molar refractivity (Wildman–Crippen MR) is 60.5 cm³/mol. The minimum absolute atomic E-state index is 0.578. The van der Waals surface area contributed by atoms with Crippen molar-refractivity contribution in [3.05, 3.63) is 36.8 Å². The maximum absolute atomic E-state index is 5.58. The Morgan fingerprint density at radius 3 is 2.36 bits per heavy atom. The van der Waals surface area contributed by atoms with Crippen LogP contribution < -0.4 is 4.74 Å². The van der Waals surface area contributed by atoms with Gasteiger partial charge in [-0.3, -0.25) is 0 Å². The van der Waals surface area contributed by atoms with E-state index < -0.39 is 0 Å². The van der Waals surface area contributed by atoms with Gasteiger partial charge in [-0.05, 0) is 36.5 Å². The van der Waals surface area contributed by atoms with Crippen LogP contribution >= 0.6 is 0 Å². The maximum atomic E-state index is 5.58. The van der Waals surface area contributed by atoms with Gasteiger partial charge in [0.2, 0.25) is 0 Å². The van der Waals surface area contributed by atoms with Crippen LogP contribution in [0.3, 0.4) is 0 Å². The summed E-state index contributed by atoms with van der Waals surface area (Å²) in [5, 5.41) is 0. The van der Waals surface area contributed by atoms with Crippen molar-refractivity contribution in [2.75, 3.05) is 6.61 Å². The lowest BCUT2D eigenvalue weighted by molar-refractivity contribution is 0.271. The Bertz CT molecular complexity index is 248. The van der Waals surface area contributed by atoms with E-state index in [0.717, 1.165) is 25.2 Å². The molecule has 0 aliphatic carbocycles. The second kappa shape index (κ2) is 5.69. The molecule has 0 bridgehead atoms. The standard InChI is InChI=1S/C13H19O/c1-4-5-12-6-8-13(9-7-12)14-10-11(2)3/h6-9,11H,1,4-5,10H2,2-3H3. The lowest BCUT2D eigenvalue weighted by Gasteiger charge is -2.08. The molecule has 0 atom stereocenters. The van der Waals surface area contributed by atoms with Gasteiger partial charge in [-0.15, -0.1) is 0 Å². The number of ether oxygens (including phenoxy) is 1. The number of aryl methyl sites for hydroxylation is 1. The molecule has 1 heteroatoms. The third-order valence-corrected chi connectivity index (χ3v) is 1.97. The fourth-order valence-corrected chi connectivity index (χ4v) is 1.22. The van der Waals surface area contributed by atoms with E-state index in [-0.39, 0.29) is 0 Å². The fourth-order valence-electron chi connectivity index (χ4n) is 1.22. The predicted octanol–water partition coefficient (Wildman–Crippen LogP) is 3.49. The smallest absolute Gasteiger partial charge is 0.119 e. The summed E-state index contributed by atoms with van der Waals surface area (Å²) >= 11 is 0. The van der Waals surface area contributed by atoms with Crippen molar-refractivity contribution in [3.8, 4) is 5.75 Å². The van der Waals surface area contributed by atoms with Crippen LogP contribution in [-0.2, 0) is 6.42 Å². The highest BCUT2D eigenvalue weighted by Gasteiger charge is 1.97. The van der Waals surface area contributed by atoms with Crippen molar-refractivity contribution in [2.45, 2.75) is 26.7 Å². The van der Waals surface area contributed by atoms with Gasteiger partial charge in [0.25, 0.3) is 0 Å². The van der Waals surface area contributed by atoms with E-state index in [1.54, 1.807) is 0 Å². The van der Waals surface area contributed by atoms with Gasteiger partial charge >= 0.3 is 0 Å². The molecule has 0 N–H and O–H groups in total. The van der Waals surface area contributed by atoms with Crippen molar-refractivity contribution >= 4 is 0 Å². The van der Waals surface area contributed by atoms with Crippen LogP contribution in [0.5, 0.6) is 5.75 Å². The third kappa shape index (κ3) is 3.82. The van der Waals surface area contributed by atoms with E-state index in [0.29, 0.717) is 5.92 Å². The molecule has 1 aromatic carbocycles. The molecule has 1 radical (unpaired) electrons. The molecule has 0 aromatic heterocycles. The van der Waals surface area contributed by atoms with Crippen LogP contribution in [0.1, 0.15) is 25.8 Å². The summed E-state index contributed by atoms with van der Waals surface area (Å²) in [6, 6.07) is 8.29. The first kappa shape index (κ1) is 11.1. The molecule has 0 saturated carbocycles. The van der Waals surface area contributed by atoms with Crippen molar-refractivity contribution < 1.29 is 4.74 Å². The molecule has 0 amide bonds. The second-order valence-corrected chi connectivity index (χ2v) is 3.95. The zero-order valence-electron chi connectivity index (χ0n) is 9.12. The highest BCUT2D eigenvalue weighted by Crippen LogP contribution is 2.14. The van der Waals surface area contributed by atoms with E-state index >= 15 is 0 Å². The van der Waals surface area contributed by atoms with Gasteiger partial charge in [0.15, 0.2) is 0 Å². The molecule has 0 fully saturated rings. The quantitative estimate of drug-likeness (QED) is 0.692. The molecular formula is C13H19O. The SMILES string of the molecule is [CH2]CCc1ccc(OCC(C)C)cc1. The number of rotatable bonds is 5. The number of benzene rings is 1. The Hall–Kier alpha value is -0.980. The van der Waals surface area contributed by atoms with Gasteiger partial charge < -0.3 is 4.74 Å². The van der Waals surface area contributed by atoms with Gasteiger partial charge in [0.1, 0.15) is 5.75 Å². The Morgan fingerprint density at radius 2 is 1.86 bits per heavy atom. The minimum atomic E-state index is 0.578. The van der Waals surface area contributed by atoms with Crippen LogP contribution in [-0.4, -0.2) is 6.61 Å². The zero-order chi connectivity index (χ0) is 10.4. The van der Waals surface area contributed by atoms with Gasteiger partial charge in [-0.25, -0.2) is 0 Å². The van der Waals surface area contributed by atoms with Crippen molar-refractivity contribution in [2.24, 2.45) is 5.92 Å². The average molecular weight is 191 g/mol. The first-order valence-corrected chi connectivity index (χ1v) is 5.23. The van der Waals surface area contributed by atoms with E-state index in [1.165, 1.54) is 5.56 Å². The zero-order valence-corrected chi connectivity index (χ0v) is 9.12. The van der Waals surface area contributed by atoms with Crippen molar-refractivity contribution in [3.63, 3.8) is 0 Å². The molecule has 14 heavy (non-hydrogen) atoms. The molecule has 0 unspecified atom stereocenters. The van der Waals surface area contributed by atoms with Crippen LogP contribution in [0.2, 0.25) is 0 Å². The van der Waals surface area contributed by atoms with E-state index in [9.17, 15) is 0 Å². The van der Waals surface area contributed by atoms with Gasteiger partial charge in [0.05, 0.1) is 6.61 Å². The Labute approximate surface area is 87.1 Å². The van der Waals surface area contributed by atoms with Gasteiger partial charge in [0, 0.05) is 0 Å². The summed E-state index contributed by atoms with van der Waals surface area (Å²) in [7, 11) is 0. The second-order valence-electron chi connectivity index (χ2n) is 3.95. The largest absolute Gasteiger partial charge is 0.493 e. The van der Waals surface area contributed by atoms with Crippen LogP contribution in [0.15, 0.2) is 24.3 Å². The van der Waals surface area contributed by atoms with Crippen molar-refractivity contribution in [1.82, 2.24) is 0 Å². The summed E-state index contributed by atoms with van der Waals surface area (Å²) in [6.07, 6.45) is 2.00. The van der Waals surface area contributed by atoms with Crippen LogP contribution in [0.25, 0.3) is 0 Å². The Balaban J connectivity index is 2.46. The minimum Gasteiger partial charge on any atom is -0.493 e. The Morgan fingerprint density at radius 1 is 1.21 bits per heavy atom. The first-order chi connectivity index (χ1) is 6.72. The lowest BCUT2D eigenvalue weighted by atomic mass is 10.1. The van der Waals surface area contributed by atoms with Gasteiger partial charge in [-0.2, -0.15) is 0 Å². The maximum Gasteiger partial charge on any atom is 0.119 e. The van der Waals surface area contributed by atoms with E-state index in [1.807, 2.05) is 12.1 Å². The monoisotopic (exact) mass is 191 g/mol. The molecule has 1 nitrogen and oxygen atoms in total. The average Bonchev–Trinajstić information content (AvgIpc) is 2.17. The highest BCUT2D eigenvalue weighted by molar-refractivity contribution is 5.27. The summed E-state index contributed by atoms with van der Waals surface area (Å²) in [5.41, 5.74) is 1.33.